The molecule has 3 N–H and O–H groups in total. The molecule has 1 atom stereocenters. The van der Waals surface area contributed by atoms with E-state index in [1.165, 1.54) is 0 Å². The summed E-state index contributed by atoms with van der Waals surface area (Å²) in [5, 5.41) is 4.33. The minimum Gasteiger partial charge on any atom is -0.272 e. The molecule has 0 aliphatic heterocycles. The van der Waals surface area contributed by atoms with Crippen LogP contribution < -0.4 is 11.3 Å². The van der Waals surface area contributed by atoms with Gasteiger partial charge in [-0.15, -0.1) is 0 Å². The van der Waals surface area contributed by atoms with Gasteiger partial charge in [-0.3, -0.25) is 15.5 Å². The van der Waals surface area contributed by atoms with Gasteiger partial charge in [-0.2, -0.15) is 5.10 Å². The van der Waals surface area contributed by atoms with Crippen LogP contribution in [0.25, 0.3) is 0 Å². The quantitative estimate of drug-likeness (QED) is 0.619. The number of hydrazine groups is 1. The Morgan fingerprint density at radius 2 is 2.28 bits per heavy atom. The van der Waals surface area contributed by atoms with Crippen molar-refractivity contribution in [3.8, 4) is 0 Å². The number of aromatic nitrogens is 3. The smallest absolute Gasteiger partial charge is 0.0741 e. The van der Waals surface area contributed by atoms with Crippen LogP contribution in [0, 0.1) is 6.92 Å². The zero-order valence-corrected chi connectivity index (χ0v) is 10.8. The third-order valence-corrected chi connectivity index (χ3v) is 2.86. The summed E-state index contributed by atoms with van der Waals surface area (Å²) >= 11 is 0. The number of hydrogen-bond acceptors (Lipinski definition) is 4. The molecule has 0 saturated heterocycles. The van der Waals surface area contributed by atoms with Gasteiger partial charge in [0.2, 0.25) is 0 Å². The molecule has 96 valence electrons. The van der Waals surface area contributed by atoms with E-state index in [0.717, 1.165) is 29.8 Å². The SMILES string of the molecule is CCCn1cc(C(NN)c2ccnc(C)c2)cn1. The number of aryl methyl sites for hydroxylation is 2. The van der Waals surface area contributed by atoms with Gasteiger partial charge in [-0.1, -0.05) is 6.92 Å². The summed E-state index contributed by atoms with van der Waals surface area (Å²) in [5.74, 6) is 5.66. The standard InChI is InChI=1S/C13H19N5/c1-3-6-18-9-12(8-16-18)13(17-14)11-4-5-15-10(2)7-11/h4-5,7-9,13,17H,3,6,14H2,1-2H3. The maximum atomic E-state index is 5.66. The van der Waals surface area contributed by atoms with Crippen molar-refractivity contribution in [2.24, 2.45) is 5.84 Å². The van der Waals surface area contributed by atoms with Gasteiger partial charge in [0, 0.05) is 30.2 Å². The third kappa shape index (κ3) is 2.75. The van der Waals surface area contributed by atoms with Crippen LogP contribution in [0.4, 0.5) is 0 Å². The van der Waals surface area contributed by atoms with E-state index in [4.69, 9.17) is 5.84 Å². The minimum absolute atomic E-state index is 0.0442. The van der Waals surface area contributed by atoms with E-state index in [2.05, 4.69) is 22.4 Å². The summed E-state index contributed by atoms with van der Waals surface area (Å²) in [4.78, 5) is 4.20. The van der Waals surface area contributed by atoms with Crippen molar-refractivity contribution in [3.63, 3.8) is 0 Å². The summed E-state index contributed by atoms with van der Waals surface area (Å²) in [5.41, 5.74) is 5.98. The van der Waals surface area contributed by atoms with E-state index in [1.54, 1.807) is 6.20 Å². The largest absolute Gasteiger partial charge is 0.272 e. The molecule has 0 aromatic carbocycles. The predicted octanol–water partition coefficient (Wildman–Crippen LogP) is 1.55. The molecule has 1 unspecified atom stereocenters. The number of pyridine rings is 1. The number of nitrogens with zero attached hydrogens (tertiary/aromatic N) is 3. The predicted molar refractivity (Wildman–Crippen MR) is 70.7 cm³/mol. The van der Waals surface area contributed by atoms with Gasteiger partial charge in [0.1, 0.15) is 0 Å². The molecule has 5 heteroatoms. The summed E-state index contributed by atoms with van der Waals surface area (Å²) in [7, 11) is 0. The fourth-order valence-electron chi connectivity index (χ4n) is 2.01. The van der Waals surface area contributed by atoms with Gasteiger partial charge in [-0.25, -0.2) is 5.43 Å². The number of rotatable bonds is 5. The molecular weight excluding hydrogens is 226 g/mol. The fraction of sp³-hybridized carbons (Fsp3) is 0.385. The van der Waals surface area contributed by atoms with E-state index >= 15 is 0 Å². The van der Waals surface area contributed by atoms with Gasteiger partial charge >= 0.3 is 0 Å². The van der Waals surface area contributed by atoms with E-state index in [0.29, 0.717) is 0 Å². The van der Waals surface area contributed by atoms with Crippen LogP contribution in [0.5, 0.6) is 0 Å². The van der Waals surface area contributed by atoms with Gasteiger partial charge in [0.25, 0.3) is 0 Å². The Morgan fingerprint density at radius 3 is 2.94 bits per heavy atom. The molecule has 0 radical (unpaired) electrons. The van der Waals surface area contributed by atoms with Gasteiger partial charge in [0.15, 0.2) is 0 Å². The first-order valence-electron chi connectivity index (χ1n) is 6.15. The number of nitrogens with one attached hydrogen (secondary N) is 1. The summed E-state index contributed by atoms with van der Waals surface area (Å²) < 4.78 is 1.94. The Kier molecular flexibility index (Phi) is 4.07. The molecule has 2 heterocycles. The maximum Gasteiger partial charge on any atom is 0.0741 e. The van der Waals surface area contributed by atoms with Crippen molar-refractivity contribution < 1.29 is 0 Å². The molecule has 2 rings (SSSR count). The van der Waals surface area contributed by atoms with Crippen molar-refractivity contribution in [3.05, 3.63) is 47.5 Å². The van der Waals surface area contributed by atoms with Crippen LogP contribution in [0.15, 0.2) is 30.7 Å². The normalized spacial score (nSPS) is 12.6. The van der Waals surface area contributed by atoms with E-state index in [9.17, 15) is 0 Å². The lowest BCUT2D eigenvalue weighted by atomic mass is 10.0. The first-order valence-corrected chi connectivity index (χ1v) is 6.15. The molecular formula is C13H19N5. The Morgan fingerprint density at radius 1 is 1.44 bits per heavy atom. The minimum atomic E-state index is -0.0442. The zero-order chi connectivity index (χ0) is 13.0. The molecule has 0 amide bonds. The lowest BCUT2D eigenvalue weighted by Crippen LogP contribution is -2.28. The second-order valence-corrected chi connectivity index (χ2v) is 4.37. The van der Waals surface area contributed by atoms with Crippen LogP contribution in [0.2, 0.25) is 0 Å². The summed E-state index contributed by atoms with van der Waals surface area (Å²) in [6, 6.07) is 3.95. The second kappa shape index (κ2) is 5.75. The van der Waals surface area contributed by atoms with E-state index in [-0.39, 0.29) is 6.04 Å². The lowest BCUT2D eigenvalue weighted by Gasteiger charge is -2.14. The Balaban J connectivity index is 2.27. The first-order chi connectivity index (χ1) is 8.74. The molecule has 0 bridgehead atoms. The Labute approximate surface area is 107 Å². The van der Waals surface area contributed by atoms with Crippen molar-refractivity contribution >= 4 is 0 Å². The van der Waals surface area contributed by atoms with Crippen molar-refractivity contribution in [2.45, 2.75) is 32.9 Å². The van der Waals surface area contributed by atoms with Crippen LogP contribution in [0.3, 0.4) is 0 Å². The Hall–Kier alpha value is -1.72. The highest BCUT2D eigenvalue weighted by Crippen LogP contribution is 2.20. The summed E-state index contributed by atoms with van der Waals surface area (Å²) in [6.45, 7) is 5.02. The monoisotopic (exact) mass is 245 g/mol. The topological polar surface area (TPSA) is 68.8 Å². The van der Waals surface area contributed by atoms with E-state index < -0.39 is 0 Å². The van der Waals surface area contributed by atoms with Gasteiger partial charge in [0.05, 0.1) is 12.2 Å². The first kappa shape index (κ1) is 12.7. The zero-order valence-electron chi connectivity index (χ0n) is 10.8. The van der Waals surface area contributed by atoms with Gasteiger partial charge in [-0.05, 0) is 31.0 Å². The molecule has 18 heavy (non-hydrogen) atoms. The number of hydrogen-bond donors (Lipinski definition) is 2. The average molecular weight is 245 g/mol. The average Bonchev–Trinajstić information content (AvgIpc) is 2.79. The van der Waals surface area contributed by atoms with Crippen molar-refractivity contribution in [1.82, 2.24) is 20.2 Å². The maximum absolute atomic E-state index is 5.66. The second-order valence-electron chi connectivity index (χ2n) is 4.37. The van der Waals surface area contributed by atoms with Gasteiger partial charge < -0.3 is 0 Å². The molecule has 0 fully saturated rings. The lowest BCUT2D eigenvalue weighted by molar-refractivity contribution is 0.597. The molecule has 2 aromatic heterocycles. The number of nitrogens with two attached hydrogens (primary N) is 1. The van der Waals surface area contributed by atoms with E-state index in [1.807, 2.05) is 36.1 Å². The fourth-order valence-corrected chi connectivity index (χ4v) is 2.01. The third-order valence-electron chi connectivity index (χ3n) is 2.86. The molecule has 2 aromatic rings. The van der Waals surface area contributed by atoms with Crippen LogP contribution in [-0.4, -0.2) is 14.8 Å². The summed E-state index contributed by atoms with van der Waals surface area (Å²) in [6.07, 6.45) is 6.75. The highest BCUT2D eigenvalue weighted by Gasteiger charge is 2.14. The van der Waals surface area contributed by atoms with Crippen LogP contribution >= 0.6 is 0 Å². The van der Waals surface area contributed by atoms with Crippen molar-refractivity contribution in [2.75, 3.05) is 0 Å². The molecule has 5 nitrogen and oxygen atoms in total. The van der Waals surface area contributed by atoms with Crippen LogP contribution in [0.1, 0.15) is 36.2 Å². The molecule has 0 saturated carbocycles. The van der Waals surface area contributed by atoms with Crippen LogP contribution in [-0.2, 0) is 6.54 Å². The molecule has 0 aliphatic carbocycles. The highest BCUT2D eigenvalue weighted by molar-refractivity contribution is 5.29. The van der Waals surface area contributed by atoms with Crippen molar-refractivity contribution in [1.29, 1.82) is 0 Å². The Bertz CT molecular complexity index is 506. The molecule has 0 spiro atoms. The molecule has 0 aliphatic rings. The highest BCUT2D eigenvalue weighted by atomic mass is 15.3.